The van der Waals surface area contributed by atoms with Crippen LogP contribution in [0.1, 0.15) is 12.0 Å². The number of hydrogen-bond acceptors (Lipinski definition) is 5. The van der Waals surface area contributed by atoms with Crippen molar-refractivity contribution in [3.63, 3.8) is 0 Å². The summed E-state index contributed by atoms with van der Waals surface area (Å²) in [7, 11) is 4.16. The molecule has 3 N–H and O–H groups in total. The molecule has 17 heavy (non-hydrogen) atoms. The summed E-state index contributed by atoms with van der Waals surface area (Å²) in [6.45, 7) is 1.84. The molecule has 6 heteroatoms. The molecule has 0 aliphatic carbocycles. The van der Waals surface area contributed by atoms with Crippen LogP contribution in [0, 0.1) is 5.41 Å². The molecule has 0 amide bonds. The first-order valence-electron chi connectivity index (χ1n) is 5.67. The van der Waals surface area contributed by atoms with Crippen LogP contribution in [0.5, 0.6) is 0 Å². The van der Waals surface area contributed by atoms with Gasteiger partial charge in [-0.2, -0.15) is 5.10 Å². The number of hydrogen-bond donors (Lipinski definition) is 2. The van der Waals surface area contributed by atoms with Gasteiger partial charge in [-0.05, 0) is 26.6 Å². The maximum atomic E-state index is 7.55. The van der Waals surface area contributed by atoms with Gasteiger partial charge in [0, 0.05) is 19.1 Å². The lowest BCUT2D eigenvalue weighted by atomic mass is 10.2. The predicted molar refractivity (Wildman–Crippen MR) is 67.4 cm³/mol. The summed E-state index contributed by atoms with van der Waals surface area (Å²) in [6.07, 6.45) is 2.67. The molecule has 0 bridgehead atoms. The molecule has 2 heterocycles. The highest BCUT2D eigenvalue weighted by Crippen LogP contribution is 2.22. The zero-order valence-electron chi connectivity index (χ0n) is 10.2. The van der Waals surface area contributed by atoms with Gasteiger partial charge in [-0.3, -0.25) is 5.41 Å². The van der Waals surface area contributed by atoms with E-state index in [9.17, 15) is 0 Å². The smallest absolute Gasteiger partial charge is 0.162 e. The topological polar surface area (TPSA) is 82.1 Å². The third kappa shape index (κ3) is 2.36. The first-order valence-corrected chi connectivity index (χ1v) is 5.67. The van der Waals surface area contributed by atoms with Gasteiger partial charge in [-0.1, -0.05) is 0 Å². The number of likely N-dealkylation sites (N-methyl/N-ethyl adjacent to an activating group) is 1. The fourth-order valence-electron chi connectivity index (χ4n) is 2.12. The lowest BCUT2D eigenvalue weighted by Crippen LogP contribution is -2.32. The first kappa shape index (κ1) is 11.8. The van der Waals surface area contributed by atoms with E-state index in [1.807, 2.05) is 0 Å². The Hall–Kier alpha value is -1.69. The third-order valence-electron chi connectivity index (χ3n) is 3.18. The van der Waals surface area contributed by atoms with Gasteiger partial charge >= 0.3 is 0 Å². The molecule has 1 atom stereocenters. The Morgan fingerprint density at radius 1 is 1.59 bits per heavy atom. The number of rotatable bonds is 3. The lowest BCUT2D eigenvalue weighted by Gasteiger charge is -2.21. The molecule has 1 fully saturated rings. The Morgan fingerprint density at radius 3 is 2.94 bits per heavy atom. The Labute approximate surface area is 101 Å². The maximum absolute atomic E-state index is 7.55. The SMILES string of the molecule is CN(C)C1CCN(c2nnccc2C(=N)N)C1. The molecule has 92 valence electrons. The fourth-order valence-corrected chi connectivity index (χ4v) is 2.12. The van der Waals surface area contributed by atoms with Crippen LogP contribution in [0.25, 0.3) is 0 Å². The molecule has 1 aliphatic heterocycles. The van der Waals surface area contributed by atoms with Crippen molar-refractivity contribution in [2.75, 3.05) is 32.1 Å². The van der Waals surface area contributed by atoms with Gasteiger partial charge in [0.15, 0.2) is 5.82 Å². The summed E-state index contributed by atoms with van der Waals surface area (Å²) >= 11 is 0. The Morgan fingerprint density at radius 2 is 2.35 bits per heavy atom. The molecular formula is C11H18N6. The van der Waals surface area contributed by atoms with Crippen LogP contribution in [0.4, 0.5) is 5.82 Å². The molecule has 1 aliphatic rings. The van der Waals surface area contributed by atoms with E-state index in [0.717, 1.165) is 25.3 Å². The normalized spacial score (nSPS) is 19.9. The molecule has 0 aromatic carbocycles. The van der Waals surface area contributed by atoms with Gasteiger partial charge in [0.2, 0.25) is 0 Å². The van der Waals surface area contributed by atoms with E-state index in [1.54, 1.807) is 12.3 Å². The van der Waals surface area contributed by atoms with Gasteiger partial charge in [-0.25, -0.2) is 0 Å². The molecule has 1 unspecified atom stereocenters. The second-order valence-electron chi connectivity index (χ2n) is 4.53. The van der Waals surface area contributed by atoms with E-state index in [0.29, 0.717) is 11.6 Å². The number of amidine groups is 1. The van der Waals surface area contributed by atoms with Gasteiger partial charge in [0.25, 0.3) is 0 Å². The van der Waals surface area contributed by atoms with Crippen molar-refractivity contribution in [3.05, 3.63) is 17.8 Å². The number of nitrogen functional groups attached to an aromatic ring is 1. The summed E-state index contributed by atoms with van der Waals surface area (Å²) in [5.74, 6) is 0.771. The Balaban J connectivity index is 2.21. The second-order valence-corrected chi connectivity index (χ2v) is 4.53. The van der Waals surface area contributed by atoms with Crippen LogP contribution in [-0.4, -0.2) is 54.2 Å². The molecule has 0 spiro atoms. The summed E-state index contributed by atoms with van der Waals surface area (Å²) in [5, 5.41) is 15.5. The minimum atomic E-state index is 0.0446. The monoisotopic (exact) mass is 234 g/mol. The fraction of sp³-hybridized carbons (Fsp3) is 0.545. The van der Waals surface area contributed by atoms with Crippen molar-refractivity contribution in [2.24, 2.45) is 5.73 Å². The van der Waals surface area contributed by atoms with Crippen molar-refractivity contribution in [2.45, 2.75) is 12.5 Å². The van der Waals surface area contributed by atoms with Gasteiger partial charge in [0.05, 0.1) is 11.8 Å². The molecule has 2 rings (SSSR count). The second kappa shape index (κ2) is 4.67. The largest absolute Gasteiger partial charge is 0.384 e. The van der Waals surface area contributed by atoms with Crippen LogP contribution < -0.4 is 10.6 Å². The van der Waals surface area contributed by atoms with E-state index in [1.165, 1.54) is 0 Å². The highest BCUT2D eigenvalue weighted by molar-refractivity contribution is 5.99. The average Bonchev–Trinajstić information content (AvgIpc) is 2.78. The van der Waals surface area contributed by atoms with Crippen LogP contribution in [0.15, 0.2) is 12.3 Å². The predicted octanol–water partition coefficient (Wildman–Crippen LogP) is -0.0990. The van der Waals surface area contributed by atoms with E-state index < -0.39 is 0 Å². The van der Waals surface area contributed by atoms with Crippen molar-refractivity contribution < 1.29 is 0 Å². The van der Waals surface area contributed by atoms with Crippen LogP contribution in [-0.2, 0) is 0 Å². The van der Waals surface area contributed by atoms with Gasteiger partial charge < -0.3 is 15.5 Å². The Bertz CT molecular complexity index is 416. The maximum Gasteiger partial charge on any atom is 0.162 e. The average molecular weight is 234 g/mol. The van der Waals surface area contributed by atoms with E-state index in [-0.39, 0.29) is 5.84 Å². The number of nitrogens with one attached hydrogen (secondary N) is 1. The van der Waals surface area contributed by atoms with Gasteiger partial charge in [0.1, 0.15) is 5.84 Å². The quantitative estimate of drug-likeness (QED) is 0.564. The standard InChI is InChI=1S/C11H18N6/c1-16(2)8-4-6-17(7-8)11-9(10(12)13)3-5-14-15-11/h3,5,8H,4,6-7H2,1-2H3,(H3,12,13). The summed E-state index contributed by atoms with van der Waals surface area (Å²) < 4.78 is 0. The van der Waals surface area contributed by atoms with Crippen molar-refractivity contribution in [1.29, 1.82) is 5.41 Å². The minimum Gasteiger partial charge on any atom is -0.384 e. The molecule has 6 nitrogen and oxygen atoms in total. The molecule has 0 saturated carbocycles. The molecule has 1 aromatic heterocycles. The minimum absolute atomic E-state index is 0.0446. The van der Waals surface area contributed by atoms with Gasteiger partial charge in [-0.15, -0.1) is 5.10 Å². The van der Waals surface area contributed by atoms with Crippen molar-refractivity contribution >= 4 is 11.7 Å². The molecule has 0 radical (unpaired) electrons. The number of nitrogens with two attached hydrogens (primary N) is 1. The van der Waals surface area contributed by atoms with E-state index >= 15 is 0 Å². The van der Waals surface area contributed by atoms with E-state index in [2.05, 4.69) is 34.1 Å². The van der Waals surface area contributed by atoms with Crippen molar-refractivity contribution in [3.8, 4) is 0 Å². The molecule has 1 saturated heterocycles. The molecular weight excluding hydrogens is 216 g/mol. The first-order chi connectivity index (χ1) is 8.09. The number of nitrogens with zero attached hydrogens (tertiary/aromatic N) is 4. The summed E-state index contributed by atoms with van der Waals surface area (Å²) in [5.41, 5.74) is 6.22. The third-order valence-corrected chi connectivity index (χ3v) is 3.18. The number of aromatic nitrogens is 2. The van der Waals surface area contributed by atoms with Crippen LogP contribution >= 0.6 is 0 Å². The zero-order chi connectivity index (χ0) is 12.4. The highest BCUT2D eigenvalue weighted by Gasteiger charge is 2.26. The zero-order valence-corrected chi connectivity index (χ0v) is 10.2. The molecule has 1 aromatic rings. The van der Waals surface area contributed by atoms with Crippen LogP contribution in [0.3, 0.4) is 0 Å². The number of anilines is 1. The Kier molecular flexibility index (Phi) is 3.23. The van der Waals surface area contributed by atoms with Crippen molar-refractivity contribution in [1.82, 2.24) is 15.1 Å². The van der Waals surface area contributed by atoms with E-state index in [4.69, 9.17) is 11.1 Å². The van der Waals surface area contributed by atoms with Crippen LogP contribution in [0.2, 0.25) is 0 Å². The summed E-state index contributed by atoms with van der Waals surface area (Å²) in [4.78, 5) is 4.36. The highest BCUT2D eigenvalue weighted by atomic mass is 15.3. The lowest BCUT2D eigenvalue weighted by molar-refractivity contribution is 0.315. The summed E-state index contributed by atoms with van der Waals surface area (Å²) in [6, 6.07) is 2.27.